The molecule has 5 aromatic rings. The van der Waals surface area contributed by atoms with Gasteiger partial charge in [0, 0.05) is 44.9 Å². The lowest BCUT2D eigenvalue weighted by Crippen LogP contribution is -2.35. The molecular formula is C36H44N6O6S2. The van der Waals surface area contributed by atoms with E-state index in [9.17, 15) is 13.2 Å². The molecule has 0 unspecified atom stereocenters. The molecule has 1 aliphatic rings. The molecule has 0 spiro atoms. The van der Waals surface area contributed by atoms with Crippen LogP contribution in [0.25, 0.3) is 15.2 Å². The molecule has 0 bridgehead atoms. The number of fused-ring (bicyclic) bond motifs is 3. The Labute approximate surface area is 297 Å². The standard InChI is InChI=1S/C36H44N6O6S2/c1-7-50(44,45)40(5)30-19-25(36(2,3)4)18-28(33(30)46-6)39-34(43)37-21-24-10-8-9-11-31(24)48-27-12-13-29-32(20-27)49-35-38-22-26(42(29)35)23-41-14-16-47-17-15-41/h8-13,18-20,22H,7,14-17,21,23H2,1-6H3,(H2,37,39,43). The third-order valence-electron chi connectivity index (χ3n) is 8.81. The number of rotatable bonds is 11. The van der Waals surface area contributed by atoms with E-state index in [0.29, 0.717) is 22.9 Å². The Bertz CT molecular complexity index is 2110. The van der Waals surface area contributed by atoms with Crippen molar-refractivity contribution in [1.29, 1.82) is 0 Å². The number of benzene rings is 3. The van der Waals surface area contributed by atoms with Crippen molar-refractivity contribution in [2.24, 2.45) is 0 Å². The average molecular weight is 721 g/mol. The monoisotopic (exact) mass is 720 g/mol. The number of amides is 2. The maximum atomic E-state index is 13.3. The van der Waals surface area contributed by atoms with Gasteiger partial charge in [-0.15, -0.1) is 0 Å². The van der Waals surface area contributed by atoms with Crippen LogP contribution in [0, 0.1) is 0 Å². The van der Waals surface area contributed by atoms with Crippen LogP contribution < -0.4 is 24.4 Å². The number of anilines is 2. The molecule has 1 saturated heterocycles. The summed E-state index contributed by atoms with van der Waals surface area (Å²) in [6, 6.07) is 16.7. The van der Waals surface area contributed by atoms with E-state index >= 15 is 0 Å². The lowest BCUT2D eigenvalue weighted by Gasteiger charge is -2.27. The molecule has 2 N–H and O–H groups in total. The Morgan fingerprint density at radius 1 is 1.10 bits per heavy atom. The molecule has 2 aromatic heterocycles. The Morgan fingerprint density at radius 3 is 2.58 bits per heavy atom. The van der Waals surface area contributed by atoms with Crippen LogP contribution in [0.3, 0.4) is 0 Å². The van der Waals surface area contributed by atoms with Gasteiger partial charge in [0.25, 0.3) is 0 Å². The fourth-order valence-corrected chi connectivity index (χ4v) is 7.74. The molecular weight excluding hydrogens is 677 g/mol. The number of imidazole rings is 1. The molecule has 0 atom stereocenters. The highest BCUT2D eigenvalue weighted by atomic mass is 32.2. The summed E-state index contributed by atoms with van der Waals surface area (Å²) in [5.41, 5.74) is 4.22. The van der Waals surface area contributed by atoms with Crippen molar-refractivity contribution >= 4 is 53.9 Å². The lowest BCUT2D eigenvalue weighted by atomic mass is 9.86. The minimum Gasteiger partial charge on any atom is -0.492 e. The minimum atomic E-state index is -3.59. The zero-order chi connectivity index (χ0) is 35.6. The minimum absolute atomic E-state index is 0.0806. The number of urea groups is 1. The molecule has 12 nitrogen and oxygen atoms in total. The predicted molar refractivity (Wildman–Crippen MR) is 199 cm³/mol. The average Bonchev–Trinajstić information content (AvgIpc) is 3.66. The van der Waals surface area contributed by atoms with E-state index in [2.05, 4.69) is 31.0 Å². The maximum absolute atomic E-state index is 13.3. The summed E-state index contributed by atoms with van der Waals surface area (Å²) < 4.78 is 47.6. The SMILES string of the molecule is CCS(=O)(=O)N(C)c1cc(C(C)(C)C)cc(NC(=O)NCc2ccccc2Oc2ccc3c(c2)sc2ncc(CN4CCOCC4)n23)c1OC. The van der Waals surface area contributed by atoms with Gasteiger partial charge >= 0.3 is 6.03 Å². The van der Waals surface area contributed by atoms with E-state index in [1.54, 1.807) is 24.3 Å². The second-order valence-corrected chi connectivity index (χ2v) is 16.5. The molecule has 3 aromatic carbocycles. The van der Waals surface area contributed by atoms with Crippen LogP contribution in [-0.4, -0.2) is 74.9 Å². The summed E-state index contributed by atoms with van der Waals surface area (Å²) >= 11 is 1.62. The number of aromatic nitrogens is 2. The van der Waals surface area contributed by atoms with Crippen molar-refractivity contribution < 1.29 is 27.4 Å². The first-order valence-electron chi connectivity index (χ1n) is 16.6. The van der Waals surface area contributed by atoms with E-state index in [1.165, 1.54) is 18.5 Å². The largest absolute Gasteiger partial charge is 0.492 e. The third-order valence-corrected chi connectivity index (χ3v) is 11.6. The quantitative estimate of drug-likeness (QED) is 0.157. The van der Waals surface area contributed by atoms with Gasteiger partial charge in [0.05, 0.1) is 59.6 Å². The van der Waals surface area contributed by atoms with Crippen LogP contribution in [0.15, 0.2) is 60.8 Å². The number of ether oxygens (including phenoxy) is 3. The van der Waals surface area contributed by atoms with E-state index in [0.717, 1.165) is 64.8 Å². The van der Waals surface area contributed by atoms with Crippen LogP contribution >= 0.6 is 11.3 Å². The van der Waals surface area contributed by atoms with E-state index in [-0.39, 0.29) is 23.5 Å². The molecule has 6 rings (SSSR count). The number of nitrogens with one attached hydrogen (secondary N) is 2. The first-order valence-corrected chi connectivity index (χ1v) is 19.0. The summed E-state index contributed by atoms with van der Waals surface area (Å²) in [6.07, 6.45) is 1.95. The van der Waals surface area contributed by atoms with Crippen LogP contribution in [0.4, 0.5) is 16.2 Å². The van der Waals surface area contributed by atoms with Gasteiger partial charge in [-0.25, -0.2) is 18.2 Å². The van der Waals surface area contributed by atoms with Gasteiger partial charge in [-0.1, -0.05) is 50.3 Å². The molecule has 0 aliphatic carbocycles. The Hall–Kier alpha value is -4.37. The van der Waals surface area contributed by atoms with E-state index in [1.807, 2.05) is 69.4 Å². The number of carbonyl (C=O) groups excluding carboxylic acids is 1. The van der Waals surface area contributed by atoms with Gasteiger partial charge in [-0.2, -0.15) is 0 Å². The molecule has 0 radical (unpaired) electrons. The first-order chi connectivity index (χ1) is 23.9. The van der Waals surface area contributed by atoms with Crippen LogP contribution in [-0.2, 0) is 33.3 Å². The third kappa shape index (κ3) is 7.53. The fourth-order valence-electron chi connectivity index (χ4n) is 5.87. The van der Waals surface area contributed by atoms with Gasteiger partial charge in [0.15, 0.2) is 10.7 Å². The number of para-hydroxylation sites is 1. The van der Waals surface area contributed by atoms with Gasteiger partial charge in [0.2, 0.25) is 10.0 Å². The van der Waals surface area contributed by atoms with Crippen molar-refractivity contribution in [3.05, 3.63) is 77.6 Å². The molecule has 1 aliphatic heterocycles. The van der Waals surface area contributed by atoms with E-state index < -0.39 is 16.1 Å². The molecule has 2 amide bonds. The van der Waals surface area contributed by atoms with Crippen molar-refractivity contribution in [1.82, 2.24) is 19.6 Å². The summed E-state index contributed by atoms with van der Waals surface area (Å²) in [7, 11) is -0.649. The van der Waals surface area contributed by atoms with Gasteiger partial charge in [-0.05, 0) is 48.2 Å². The summed E-state index contributed by atoms with van der Waals surface area (Å²) in [6.45, 7) is 12.0. The van der Waals surface area contributed by atoms with Crippen LogP contribution in [0.1, 0.15) is 44.5 Å². The lowest BCUT2D eigenvalue weighted by molar-refractivity contribution is 0.0336. The summed E-state index contributed by atoms with van der Waals surface area (Å²) in [5, 5.41) is 5.80. The summed E-state index contributed by atoms with van der Waals surface area (Å²) in [5.74, 6) is 1.46. The Morgan fingerprint density at radius 2 is 1.86 bits per heavy atom. The number of morpholine rings is 1. The number of nitrogens with zero attached hydrogens (tertiary/aromatic N) is 4. The Kier molecular flexibility index (Phi) is 10.3. The highest BCUT2D eigenvalue weighted by Gasteiger charge is 2.26. The number of methoxy groups -OCH3 is 1. The Balaban J connectivity index is 1.18. The number of sulfonamides is 1. The van der Waals surface area contributed by atoms with Gasteiger partial charge < -0.3 is 24.8 Å². The number of thiazole rings is 1. The zero-order valence-electron chi connectivity index (χ0n) is 29.3. The van der Waals surface area contributed by atoms with Crippen molar-refractivity contribution in [2.75, 3.05) is 55.8 Å². The number of hydrogen-bond donors (Lipinski definition) is 2. The van der Waals surface area contributed by atoms with Crippen molar-refractivity contribution in [3.8, 4) is 17.2 Å². The molecule has 0 saturated carbocycles. The number of hydrogen-bond acceptors (Lipinski definition) is 9. The maximum Gasteiger partial charge on any atom is 0.319 e. The van der Waals surface area contributed by atoms with E-state index in [4.69, 9.17) is 14.2 Å². The van der Waals surface area contributed by atoms with Crippen molar-refractivity contribution in [3.63, 3.8) is 0 Å². The van der Waals surface area contributed by atoms with Crippen LogP contribution in [0.2, 0.25) is 0 Å². The van der Waals surface area contributed by atoms with Gasteiger partial charge in [-0.3, -0.25) is 13.6 Å². The topological polar surface area (TPSA) is 127 Å². The van der Waals surface area contributed by atoms with Crippen LogP contribution in [0.5, 0.6) is 17.2 Å². The van der Waals surface area contributed by atoms with Gasteiger partial charge in [0.1, 0.15) is 11.5 Å². The number of carbonyl (C=O) groups is 1. The smallest absolute Gasteiger partial charge is 0.319 e. The molecule has 50 heavy (non-hydrogen) atoms. The summed E-state index contributed by atoms with van der Waals surface area (Å²) in [4.78, 5) is 21.3. The van der Waals surface area contributed by atoms with Crippen molar-refractivity contribution in [2.45, 2.75) is 46.2 Å². The molecule has 3 heterocycles. The molecule has 14 heteroatoms. The fraction of sp³-hybridized carbons (Fsp3) is 0.389. The zero-order valence-corrected chi connectivity index (χ0v) is 30.9. The highest BCUT2D eigenvalue weighted by molar-refractivity contribution is 7.92. The molecule has 1 fully saturated rings. The first kappa shape index (κ1) is 35.5. The molecule has 266 valence electrons. The second-order valence-electron chi connectivity index (χ2n) is 13.2. The highest BCUT2D eigenvalue weighted by Crippen LogP contribution is 2.41. The normalized spacial score (nSPS) is 14.2. The second kappa shape index (κ2) is 14.5. The predicted octanol–water partition coefficient (Wildman–Crippen LogP) is 6.59.